The molecule has 0 amide bonds. The predicted octanol–water partition coefficient (Wildman–Crippen LogP) is 3.24. The topological polar surface area (TPSA) is 43.1 Å². The van der Waals surface area contributed by atoms with Crippen molar-refractivity contribution in [3.8, 4) is 0 Å². The van der Waals surface area contributed by atoms with Gasteiger partial charge in [-0.05, 0) is 5.56 Å². The summed E-state index contributed by atoms with van der Waals surface area (Å²) in [5.74, 6) is 3.21. The second-order valence-electron chi connectivity index (χ2n) is 2.82. The third-order valence-corrected chi connectivity index (χ3v) is 4.68. The van der Waals surface area contributed by atoms with Crippen molar-refractivity contribution in [1.82, 2.24) is 0 Å². The highest BCUT2D eigenvalue weighted by Gasteiger charge is 2.26. The minimum absolute atomic E-state index is 0.158. The summed E-state index contributed by atoms with van der Waals surface area (Å²) in [6, 6.07) is 6.80. The summed E-state index contributed by atoms with van der Waals surface area (Å²) in [6.45, 7) is 0. The Morgan fingerprint density at radius 1 is 1.43 bits per heavy atom. The molecule has 0 N–H and O–H groups in total. The third kappa shape index (κ3) is 1.99. The van der Waals surface area contributed by atoms with Crippen molar-refractivity contribution < 1.29 is 4.92 Å². The van der Waals surface area contributed by atoms with Crippen LogP contribution in [0.15, 0.2) is 24.3 Å². The molecule has 0 aromatic heterocycles. The Morgan fingerprint density at radius 2 is 2.14 bits per heavy atom. The molecule has 0 aliphatic carbocycles. The molecule has 1 aliphatic rings. The van der Waals surface area contributed by atoms with Crippen LogP contribution in [-0.4, -0.2) is 10.7 Å². The number of rotatable bonds is 2. The van der Waals surface area contributed by atoms with E-state index in [0.717, 1.165) is 11.3 Å². The van der Waals surface area contributed by atoms with Crippen molar-refractivity contribution >= 4 is 29.2 Å². The van der Waals surface area contributed by atoms with E-state index in [-0.39, 0.29) is 10.6 Å². The lowest BCUT2D eigenvalue weighted by Crippen LogP contribution is -1.89. The number of hydrogen-bond acceptors (Lipinski definition) is 4. The van der Waals surface area contributed by atoms with E-state index >= 15 is 0 Å². The lowest BCUT2D eigenvalue weighted by molar-refractivity contribution is -0.384. The summed E-state index contributed by atoms with van der Waals surface area (Å²) in [6.07, 6.45) is 0. The number of benzene rings is 1. The maximum Gasteiger partial charge on any atom is 0.269 e. The first kappa shape index (κ1) is 9.73. The van der Waals surface area contributed by atoms with Crippen LogP contribution in [0.1, 0.15) is 10.1 Å². The van der Waals surface area contributed by atoms with Crippen LogP contribution in [0.3, 0.4) is 0 Å². The van der Waals surface area contributed by atoms with Crippen LogP contribution in [-0.2, 0) is 0 Å². The first-order chi connectivity index (χ1) is 6.77. The molecule has 0 spiro atoms. The molecule has 1 heterocycles. The van der Waals surface area contributed by atoms with Crippen LogP contribution in [0, 0.1) is 15.9 Å². The Balaban J connectivity index is 2.16. The smallest absolute Gasteiger partial charge is 0.258 e. The zero-order valence-electron chi connectivity index (χ0n) is 7.25. The fourth-order valence-electron chi connectivity index (χ4n) is 1.22. The Kier molecular flexibility index (Phi) is 2.88. The van der Waals surface area contributed by atoms with Crippen LogP contribution in [0.4, 0.5) is 5.69 Å². The summed E-state index contributed by atoms with van der Waals surface area (Å²) in [5, 5.41) is 10.4. The monoisotopic (exact) mass is 226 g/mol. The van der Waals surface area contributed by atoms with E-state index in [1.807, 2.05) is 23.9 Å². The number of nitrogens with zero attached hydrogens (tertiary/aromatic N) is 1. The molecule has 1 aromatic carbocycles. The maximum absolute atomic E-state index is 10.4. The van der Waals surface area contributed by atoms with Gasteiger partial charge >= 0.3 is 0 Å². The molecule has 1 aliphatic heterocycles. The number of thioether (sulfide) groups is 2. The van der Waals surface area contributed by atoms with Crippen molar-refractivity contribution in [2.45, 2.75) is 4.58 Å². The predicted molar refractivity (Wildman–Crippen MR) is 60.2 cm³/mol. The van der Waals surface area contributed by atoms with Gasteiger partial charge in [0, 0.05) is 12.1 Å². The van der Waals surface area contributed by atoms with Gasteiger partial charge in [-0.25, -0.2) is 0 Å². The van der Waals surface area contributed by atoms with Crippen molar-refractivity contribution in [1.29, 1.82) is 0 Å². The summed E-state index contributed by atoms with van der Waals surface area (Å²) >= 11 is 3.63. The zero-order chi connectivity index (χ0) is 9.97. The molecule has 5 heteroatoms. The molecule has 14 heavy (non-hydrogen) atoms. The van der Waals surface area contributed by atoms with Gasteiger partial charge in [-0.1, -0.05) is 23.9 Å². The van der Waals surface area contributed by atoms with E-state index in [1.54, 1.807) is 23.9 Å². The highest BCUT2D eigenvalue weighted by molar-refractivity contribution is 8.20. The summed E-state index contributed by atoms with van der Waals surface area (Å²) in [4.78, 5) is 10.1. The molecule has 1 fully saturated rings. The van der Waals surface area contributed by atoms with Crippen LogP contribution in [0.5, 0.6) is 0 Å². The highest BCUT2D eigenvalue weighted by atomic mass is 32.2. The lowest BCUT2D eigenvalue weighted by Gasteiger charge is -2.02. The molecular weight excluding hydrogens is 218 g/mol. The first-order valence-electron chi connectivity index (χ1n) is 4.10. The number of non-ortho nitro benzene ring substituents is 1. The maximum atomic E-state index is 10.4. The molecule has 0 radical (unpaired) electrons. The second kappa shape index (κ2) is 4.14. The molecule has 72 valence electrons. The third-order valence-electron chi connectivity index (χ3n) is 1.91. The largest absolute Gasteiger partial charge is 0.269 e. The van der Waals surface area contributed by atoms with Gasteiger partial charge in [0.1, 0.15) is 10.3 Å². The quantitative estimate of drug-likeness (QED) is 0.441. The molecular formula is C9H8NO2S2+. The van der Waals surface area contributed by atoms with Crippen LogP contribution < -0.4 is 0 Å². The van der Waals surface area contributed by atoms with Crippen LogP contribution >= 0.6 is 23.5 Å². The minimum atomic E-state index is -0.370. The standard InChI is InChI=1S/C9H8NO2S2/c11-10(12)8-3-1-7(2-4-8)9-13-5-6-14-9/h1-5,9H,6H2/q+1. The summed E-state index contributed by atoms with van der Waals surface area (Å²) in [5.41, 5.74) is 1.31. The molecule has 1 atom stereocenters. The van der Waals surface area contributed by atoms with E-state index < -0.39 is 0 Å². The van der Waals surface area contributed by atoms with Gasteiger partial charge in [0.15, 0.2) is 5.75 Å². The Hall–Kier alpha value is -0.810. The number of nitro benzene ring substituents is 1. The van der Waals surface area contributed by atoms with Crippen molar-refractivity contribution in [2.24, 2.45) is 0 Å². The fourth-order valence-corrected chi connectivity index (χ4v) is 3.65. The van der Waals surface area contributed by atoms with E-state index in [2.05, 4.69) is 5.75 Å². The van der Waals surface area contributed by atoms with E-state index in [0.29, 0.717) is 4.58 Å². The molecule has 1 unspecified atom stereocenters. The number of nitro groups is 1. The van der Waals surface area contributed by atoms with Crippen molar-refractivity contribution in [2.75, 3.05) is 5.75 Å². The fraction of sp³-hybridized carbons (Fsp3) is 0.222. The summed E-state index contributed by atoms with van der Waals surface area (Å²) in [7, 11) is 0. The van der Waals surface area contributed by atoms with Gasteiger partial charge in [-0.3, -0.25) is 10.1 Å². The van der Waals surface area contributed by atoms with E-state index in [4.69, 9.17) is 0 Å². The minimum Gasteiger partial charge on any atom is -0.258 e. The van der Waals surface area contributed by atoms with Crippen LogP contribution in [0.2, 0.25) is 0 Å². The van der Waals surface area contributed by atoms with Crippen molar-refractivity contribution in [3.05, 3.63) is 45.7 Å². The molecule has 0 bridgehead atoms. The van der Waals surface area contributed by atoms with Gasteiger partial charge in [-0.2, -0.15) is 0 Å². The molecule has 2 rings (SSSR count). The summed E-state index contributed by atoms with van der Waals surface area (Å²) < 4.78 is 0.413. The van der Waals surface area contributed by atoms with Gasteiger partial charge in [0.05, 0.1) is 16.7 Å². The lowest BCUT2D eigenvalue weighted by atomic mass is 10.2. The van der Waals surface area contributed by atoms with E-state index in [1.165, 1.54) is 0 Å². The zero-order valence-corrected chi connectivity index (χ0v) is 8.88. The molecule has 0 saturated carbocycles. The highest BCUT2D eigenvalue weighted by Crippen LogP contribution is 2.47. The number of hydrogen-bond donors (Lipinski definition) is 0. The molecule has 1 aromatic rings. The van der Waals surface area contributed by atoms with Gasteiger partial charge < -0.3 is 0 Å². The normalized spacial score (nSPS) is 20.4. The van der Waals surface area contributed by atoms with Crippen molar-refractivity contribution in [3.63, 3.8) is 0 Å². The molecule has 1 saturated heterocycles. The molecule has 3 nitrogen and oxygen atoms in total. The Labute approximate surface area is 90.4 Å². The van der Waals surface area contributed by atoms with Gasteiger partial charge in [0.25, 0.3) is 5.69 Å². The SMILES string of the molecule is O=[N+]([O-])c1ccc(C2S[CH+]CS2)cc1. The van der Waals surface area contributed by atoms with Crippen LogP contribution in [0.25, 0.3) is 0 Å². The first-order valence-corrected chi connectivity index (χ1v) is 6.09. The van der Waals surface area contributed by atoms with Gasteiger partial charge in [0.2, 0.25) is 0 Å². The Bertz CT molecular complexity index is 333. The van der Waals surface area contributed by atoms with Gasteiger partial charge in [-0.15, -0.1) is 0 Å². The second-order valence-corrected chi connectivity index (χ2v) is 5.33. The van der Waals surface area contributed by atoms with E-state index in [9.17, 15) is 10.1 Å². The average molecular weight is 226 g/mol. The Morgan fingerprint density at radius 3 is 2.64 bits per heavy atom. The average Bonchev–Trinajstić information content (AvgIpc) is 2.71.